The van der Waals surface area contributed by atoms with Gasteiger partial charge in [0.2, 0.25) is 0 Å². The Hall–Kier alpha value is -1.75. The maximum atomic E-state index is 12.1. The topological polar surface area (TPSA) is 70.6 Å². The Morgan fingerprint density at radius 1 is 1.45 bits per heavy atom. The number of nitrogens with one attached hydrogen (secondary N) is 2. The molecular formula is C17H26N2O3. The van der Waals surface area contributed by atoms with Crippen LogP contribution in [-0.2, 0) is 0 Å². The molecule has 0 saturated heterocycles. The first-order valence-electron chi connectivity index (χ1n) is 7.81. The molecule has 0 saturated carbocycles. The highest BCUT2D eigenvalue weighted by Crippen LogP contribution is 2.31. The summed E-state index contributed by atoms with van der Waals surface area (Å²) in [5, 5.41) is 15.4. The number of carbonyl (C=O) groups is 1. The maximum absolute atomic E-state index is 12.1. The van der Waals surface area contributed by atoms with Gasteiger partial charge in [0, 0.05) is 18.5 Å². The molecule has 1 heterocycles. The second-order valence-corrected chi connectivity index (χ2v) is 6.77. The van der Waals surface area contributed by atoms with Crippen molar-refractivity contribution in [2.75, 3.05) is 13.2 Å². The Kier molecular flexibility index (Phi) is 5.29. The number of hydrogen-bond donors (Lipinski definition) is 3. The van der Waals surface area contributed by atoms with E-state index in [9.17, 15) is 9.90 Å². The third kappa shape index (κ3) is 4.63. The summed E-state index contributed by atoms with van der Waals surface area (Å²) in [5.41, 5.74) is 0.881. The number of benzene rings is 1. The lowest BCUT2D eigenvalue weighted by molar-refractivity contribution is 0.128. The molecule has 0 bridgehead atoms. The number of fused-ring (bicyclic) bond motifs is 1. The molecule has 2 rings (SSSR count). The standard InChI is InChI=1S/C17H26N2O3/c1-12(20)10-17(2,3)11-18-16(21)19-14-8-9-22-15-7-5-4-6-13(14)15/h4-7,12,14,20H,8-11H2,1-3H3,(H2,18,19,21). The lowest BCUT2D eigenvalue weighted by atomic mass is 9.87. The first-order valence-corrected chi connectivity index (χ1v) is 7.81. The Balaban J connectivity index is 1.88. The van der Waals surface area contributed by atoms with Crippen molar-refractivity contribution in [3.05, 3.63) is 29.8 Å². The number of ether oxygens (including phenoxy) is 1. The molecule has 0 aliphatic carbocycles. The van der Waals surface area contributed by atoms with E-state index in [0.29, 0.717) is 19.6 Å². The lowest BCUT2D eigenvalue weighted by Gasteiger charge is -2.29. The summed E-state index contributed by atoms with van der Waals surface area (Å²) in [6.45, 7) is 6.96. The van der Waals surface area contributed by atoms with E-state index in [4.69, 9.17) is 4.74 Å². The molecule has 3 N–H and O–H groups in total. The zero-order valence-electron chi connectivity index (χ0n) is 13.6. The van der Waals surface area contributed by atoms with E-state index in [2.05, 4.69) is 10.6 Å². The molecule has 1 aromatic carbocycles. The Morgan fingerprint density at radius 2 is 2.18 bits per heavy atom. The second-order valence-electron chi connectivity index (χ2n) is 6.77. The van der Waals surface area contributed by atoms with Crippen molar-refractivity contribution >= 4 is 6.03 Å². The zero-order chi connectivity index (χ0) is 16.2. The molecule has 2 amide bonds. The highest BCUT2D eigenvalue weighted by molar-refractivity contribution is 5.74. The van der Waals surface area contributed by atoms with Gasteiger partial charge in [-0.3, -0.25) is 0 Å². The van der Waals surface area contributed by atoms with Crippen LogP contribution in [0.4, 0.5) is 4.79 Å². The number of rotatable bonds is 5. The van der Waals surface area contributed by atoms with Crippen molar-refractivity contribution < 1.29 is 14.6 Å². The van der Waals surface area contributed by atoms with Crippen molar-refractivity contribution in [2.45, 2.75) is 45.8 Å². The van der Waals surface area contributed by atoms with Crippen LogP contribution in [0.15, 0.2) is 24.3 Å². The number of aliphatic hydroxyl groups excluding tert-OH is 1. The average Bonchev–Trinajstić information content (AvgIpc) is 2.44. The molecule has 22 heavy (non-hydrogen) atoms. The van der Waals surface area contributed by atoms with Crippen LogP contribution in [0.1, 0.15) is 45.2 Å². The van der Waals surface area contributed by atoms with E-state index in [-0.39, 0.29) is 23.6 Å². The third-order valence-electron chi connectivity index (χ3n) is 3.84. The fourth-order valence-corrected chi connectivity index (χ4v) is 2.89. The highest BCUT2D eigenvalue weighted by atomic mass is 16.5. The summed E-state index contributed by atoms with van der Waals surface area (Å²) in [6.07, 6.45) is 1.04. The van der Waals surface area contributed by atoms with E-state index in [1.54, 1.807) is 6.92 Å². The molecule has 1 aliphatic rings. The highest BCUT2D eigenvalue weighted by Gasteiger charge is 2.24. The van der Waals surface area contributed by atoms with Crippen molar-refractivity contribution in [3.63, 3.8) is 0 Å². The average molecular weight is 306 g/mol. The van der Waals surface area contributed by atoms with Crippen molar-refractivity contribution in [3.8, 4) is 5.75 Å². The van der Waals surface area contributed by atoms with Crippen molar-refractivity contribution in [1.82, 2.24) is 10.6 Å². The van der Waals surface area contributed by atoms with Crippen LogP contribution in [0.5, 0.6) is 5.75 Å². The third-order valence-corrected chi connectivity index (χ3v) is 3.84. The summed E-state index contributed by atoms with van der Waals surface area (Å²) in [5.74, 6) is 0.841. The van der Waals surface area contributed by atoms with E-state index in [1.165, 1.54) is 0 Å². The van der Waals surface area contributed by atoms with Crippen LogP contribution >= 0.6 is 0 Å². The fraction of sp³-hybridized carbons (Fsp3) is 0.588. The van der Waals surface area contributed by atoms with E-state index >= 15 is 0 Å². The van der Waals surface area contributed by atoms with E-state index in [1.807, 2.05) is 38.1 Å². The number of para-hydroxylation sites is 1. The van der Waals surface area contributed by atoms with Crippen molar-refractivity contribution in [2.24, 2.45) is 5.41 Å². The largest absolute Gasteiger partial charge is 0.493 e. The van der Waals surface area contributed by atoms with Gasteiger partial charge in [-0.2, -0.15) is 0 Å². The normalized spacial score (nSPS) is 18.8. The van der Waals surface area contributed by atoms with Crippen molar-refractivity contribution in [1.29, 1.82) is 0 Å². The van der Waals surface area contributed by atoms with Gasteiger partial charge >= 0.3 is 6.03 Å². The van der Waals surface area contributed by atoms with Gasteiger partial charge in [-0.25, -0.2) is 4.79 Å². The predicted molar refractivity (Wildman–Crippen MR) is 85.9 cm³/mol. The minimum Gasteiger partial charge on any atom is -0.493 e. The number of carbonyl (C=O) groups excluding carboxylic acids is 1. The molecule has 0 aromatic heterocycles. The quantitative estimate of drug-likeness (QED) is 0.783. The minimum absolute atomic E-state index is 0.0233. The first kappa shape index (κ1) is 16.6. The first-order chi connectivity index (χ1) is 10.4. The molecule has 2 unspecified atom stereocenters. The summed E-state index contributed by atoms with van der Waals surface area (Å²) in [7, 11) is 0. The monoisotopic (exact) mass is 306 g/mol. The molecule has 122 valence electrons. The van der Waals surface area contributed by atoms with Gasteiger partial charge in [-0.1, -0.05) is 32.0 Å². The van der Waals surface area contributed by atoms with Crippen LogP contribution in [0.2, 0.25) is 0 Å². The Morgan fingerprint density at radius 3 is 2.91 bits per heavy atom. The molecule has 1 aliphatic heterocycles. The number of hydrogen-bond acceptors (Lipinski definition) is 3. The molecule has 1 aromatic rings. The Bertz CT molecular complexity index is 514. The van der Waals surface area contributed by atoms with Gasteiger partial charge in [0.05, 0.1) is 18.8 Å². The molecule has 0 spiro atoms. The van der Waals surface area contributed by atoms with E-state index in [0.717, 1.165) is 17.7 Å². The SMILES string of the molecule is CC(O)CC(C)(C)CNC(=O)NC1CCOc2ccccc21. The summed E-state index contributed by atoms with van der Waals surface area (Å²) in [4.78, 5) is 12.1. The van der Waals surface area contributed by atoms with Crippen LogP contribution in [0.3, 0.4) is 0 Å². The van der Waals surface area contributed by atoms with Gasteiger partial charge in [-0.15, -0.1) is 0 Å². The predicted octanol–water partition coefficient (Wildman–Crippen LogP) is 2.61. The second kappa shape index (κ2) is 7.01. The lowest BCUT2D eigenvalue weighted by Crippen LogP contribution is -2.43. The van der Waals surface area contributed by atoms with Gasteiger partial charge in [0.1, 0.15) is 5.75 Å². The molecule has 0 fully saturated rings. The number of amides is 2. The van der Waals surface area contributed by atoms with E-state index < -0.39 is 0 Å². The smallest absolute Gasteiger partial charge is 0.315 e. The van der Waals surface area contributed by atoms with Crippen LogP contribution < -0.4 is 15.4 Å². The van der Waals surface area contributed by atoms with Crippen LogP contribution in [0, 0.1) is 5.41 Å². The molecule has 2 atom stereocenters. The summed E-state index contributed by atoms with van der Waals surface area (Å²) in [6, 6.07) is 7.58. The van der Waals surface area contributed by atoms with Gasteiger partial charge in [0.25, 0.3) is 0 Å². The van der Waals surface area contributed by atoms with Gasteiger partial charge < -0.3 is 20.5 Å². The molecule has 0 radical (unpaired) electrons. The van der Waals surface area contributed by atoms with Crippen LogP contribution in [0.25, 0.3) is 0 Å². The van der Waals surface area contributed by atoms with Gasteiger partial charge in [-0.05, 0) is 24.8 Å². The van der Waals surface area contributed by atoms with Crippen LogP contribution in [-0.4, -0.2) is 30.4 Å². The molecular weight excluding hydrogens is 280 g/mol. The molecule has 5 heteroatoms. The Labute approximate surface area is 132 Å². The maximum Gasteiger partial charge on any atom is 0.315 e. The minimum atomic E-state index is -0.373. The zero-order valence-corrected chi connectivity index (χ0v) is 13.6. The summed E-state index contributed by atoms with van der Waals surface area (Å²) < 4.78 is 5.59. The summed E-state index contributed by atoms with van der Waals surface area (Å²) >= 11 is 0. The fourth-order valence-electron chi connectivity index (χ4n) is 2.89. The molecule has 5 nitrogen and oxygen atoms in total. The number of urea groups is 1. The number of aliphatic hydroxyl groups is 1. The van der Waals surface area contributed by atoms with Gasteiger partial charge in [0.15, 0.2) is 0 Å².